The summed E-state index contributed by atoms with van der Waals surface area (Å²) in [6, 6.07) is 16.1. The number of hydrogen-bond acceptors (Lipinski definition) is 4. The third-order valence-corrected chi connectivity index (χ3v) is 6.55. The predicted molar refractivity (Wildman–Crippen MR) is 112 cm³/mol. The number of benzene rings is 2. The summed E-state index contributed by atoms with van der Waals surface area (Å²) in [6.45, 7) is 0.428. The van der Waals surface area contributed by atoms with Crippen molar-refractivity contribution in [3.8, 4) is 5.75 Å². The monoisotopic (exact) mass is 416 g/mol. The highest BCUT2D eigenvalue weighted by Crippen LogP contribution is 2.20. The maximum Gasteiger partial charge on any atom is 0.257 e. The zero-order chi connectivity index (χ0) is 20.5. The van der Waals surface area contributed by atoms with E-state index in [1.54, 1.807) is 36.4 Å². The highest BCUT2D eigenvalue weighted by molar-refractivity contribution is 7.89. The number of ether oxygens (including phenoxy) is 1. The van der Waals surface area contributed by atoms with Crippen molar-refractivity contribution in [2.24, 2.45) is 0 Å². The van der Waals surface area contributed by atoms with Crippen LogP contribution in [0.4, 0.5) is 0 Å². The quantitative estimate of drug-likeness (QED) is 0.658. The summed E-state index contributed by atoms with van der Waals surface area (Å²) in [4.78, 5) is 12.1. The number of carbonyl (C=O) groups excluding carboxylic acids is 1. The van der Waals surface area contributed by atoms with Crippen molar-refractivity contribution in [1.82, 2.24) is 10.0 Å². The summed E-state index contributed by atoms with van der Waals surface area (Å²) in [5.41, 5.74) is 0.964. The van der Waals surface area contributed by atoms with E-state index in [0.29, 0.717) is 18.7 Å². The van der Waals surface area contributed by atoms with Gasteiger partial charge in [-0.3, -0.25) is 4.79 Å². The van der Waals surface area contributed by atoms with Gasteiger partial charge in [-0.1, -0.05) is 49.6 Å². The van der Waals surface area contributed by atoms with Crippen LogP contribution in [0.1, 0.15) is 37.7 Å². The standard InChI is InChI=1S/C22H28N2O4S/c25-22(17-28-20-9-5-2-6-10-20)23-16-15-18-11-13-21(14-12-18)29(26,27)24-19-7-3-1-4-8-19/h2,5-6,9-14,19,24H,1,3-4,7-8,15-17H2,(H,23,25). The number of hydrogen-bond donors (Lipinski definition) is 2. The Morgan fingerprint density at radius 3 is 2.34 bits per heavy atom. The molecule has 0 aromatic heterocycles. The summed E-state index contributed by atoms with van der Waals surface area (Å²) in [5.74, 6) is 0.464. The molecule has 0 radical (unpaired) electrons. The molecule has 1 aliphatic rings. The van der Waals surface area contributed by atoms with Crippen molar-refractivity contribution in [2.75, 3.05) is 13.2 Å². The van der Waals surface area contributed by atoms with Gasteiger partial charge in [0.25, 0.3) is 5.91 Å². The molecule has 1 fully saturated rings. The van der Waals surface area contributed by atoms with Crippen LogP contribution in [0, 0.1) is 0 Å². The number of rotatable bonds is 9. The van der Waals surface area contributed by atoms with Crippen LogP contribution in [-0.4, -0.2) is 33.5 Å². The van der Waals surface area contributed by atoms with Crippen LogP contribution in [0.5, 0.6) is 5.75 Å². The zero-order valence-corrected chi connectivity index (χ0v) is 17.3. The molecule has 2 N–H and O–H groups in total. The van der Waals surface area contributed by atoms with E-state index >= 15 is 0 Å². The molecule has 0 heterocycles. The highest BCUT2D eigenvalue weighted by Gasteiger charge is 2.21. The molecule has 0 spiro atoms. The molecule has 2 aromatic carbocycles. The minimum Gasteiger partial charge on any atom is -0.484 e. The first-order valence-electron chi connectivity index (χ1n) is 10.1. The van der Waals surface area contributed by atoms with Crippen LogP contribution in [0.3, 0.4) is 0 Å². The SMILES string of the molecule is O=C(COc1ccccc1)NCCc1ccc(S(=O)(=O)NC2CCCCC2)cc1. The Balaban J connectivity index is 1.42. The van der Waals surface area contributed by atoms with Gasteiger partial charge in [0.15, 0.2) is 6.61 Å². The molecule has 7 heteroatoms. The van der Waals surface area contributed by atoms with E-state index in [-0.39, 0.29) is 23.5 Å². The van der Waals surface area contributed by atoms with E-state index in [1.807, 2.05) is 18.2 Å². The third-order valence-electron chi connectivity index (χ3n) is 5.01. The maximum atomic E-state index is 12.5. The average molecular weight is 417 g/mol. The molecule has 6 nitrogen and oxygen atoms in total. The third kappa shape index (κ3) is 6.87. The molecule has 0 atom stereocenters. The lowest BCUT2D eigenvalue weighted by Crippen LogP contribution is -2.36. The van der Waals surface area contributed by atoms with E-state index < -0.39 is 10.0 Å². The molecule has 0 aliphatic heterocycles. The van der Waals surface area contributed by atoms with Gasteiger partial charge < -0.3 is 10.1 Å². The zero-order valence-electron chi connectivity index (χ0n) is 16.5. The van der Waals surface area contributed by atoms with E-state index in [4.69, 9.17) is 4.74 Å². The van der Waals surface area contributed by atoms with Crippen LogP contribution in [-0.2, 0) is 21.2 Å². The first-order chi connectivity index (χ1) is 14.0. The number of carbonyl (C=O) groups is 1. The fourth-order valence-corrected chi connectivity index (χ4v) is 4.71. The molecule has 29 heavy (non-hydrogen) atoms. The molecule has 3 rings (SSSR count). The summed E-state index contributed by atoms with van der Waals surface area (Å²) in [6.07, 6.45) is 5.77. The van der Waals surface area contributed by atoms with Gasteiger partial charge >= 0.3 is 0 Å². The van der Waals surface area contributed by atoms with Crippen molar-refractivity contribution in [3.05, 3.63) is 60.2 Å². The largest absolute Gasteiger partial charge is 0.484 e. The van der Waals surface area contributed by atoms with Crippen LogP contribution >= 0.6 is 0 Å². The Kier molecular flexibility index (Phi) is 7.66. The van der Waals surface area contributed by atoms with E-state index in [0.717, 1.165) is 31.2 Å². The molecule has 1 amide bonds. The first-order valence-corrected chi connectivity index (χ1v) is 11.6. The molecule has 0 bridgehead atoms. The highest BCUT2D eigenvalue weighted by atomic mass is 32.2. The van der Waals surface area contributed by atoms with Gasteiger partial charge in [0.05, 0.1) is 4.90 Å². The Morgan fingerprint density at radius 2 is 1.66 bits per heavy atom. The summed E-state index contributed by atoms with van der Waals surface area (Å²) in [7, 11) is -3.48. The number of amides is 1. The smallest absolute Gasteiger partial charge is 0.257 e. The summed E-state index contributed by atoms with van der Waals surface area (Å²) < 4.78 is 33.3. The first kappa shape index (κ1) is 21.3. The second-order valence-corrected chi connectivity index (χ2v) is 9.02. The van der Waals surface area contributed by atoms with Crippen LogP contribution in [0.15, 0.2) is 59.5 Å². The number of para-hydroxylation sites is 1. The Morgan fingerprint density at radius 1 is 0.966 bits per heavy atom. The normalized spacial score (nSPS) is 15.0. The van der Waals surface area contributed by atoms with Gasteiger partial charge in [0.2, 0.25) is 10.0 Å². The summed E-state index contributed by atoms with van der Waals surface area (Å²) in [5, 5.41) is 2.81. The van der Waals surface area contributed by atoms with E-state index in [2.05, 4.69) is 10.0 Å². The van der Waals surface area contributed by atoms with Gasteiger partial charge in [0, 0.05) is 12.6 Å². The molecule has 156 valence electrons. The lowest BCUT2D eigenvalue weighted by molar-refractivity contribution is -0.123. The molecule has 1 saturated carbocycles. The lowest BCUT2D eigenvalue weighted by Gasteiger charge is -2.22. The van der Waals surface area contributed by atoms with Crippen molar-refractivity contribution >= 4 is 15.9 Å². The fourth-order valence-electron chi connectivity index (χ4n) is 3.41. The average Bonchev–Trinajstić information content (AvgIpc) is 2.74. The van der Waals surface area contributed by atoms with E-state index in [9.17, 15) is 13.2 Å². The van der Waals surface area contributed by atoms with Gasteiger partial charge in [-0.2, -0.15) is 0 Å². The number of nitrogens with one attached hydrogen (secondary N) is 2. The minimum absolute atomic E-state index is 0.0337. The number of sulfonamides is 1. The molecule has 2 aromatic rings. The van der Waals surface area contributed by atoms with Gasteiger partial charge in [-0.05, 0) is 49.1 Å². The summed E-state index contributed by atoms with van der Waals surface area (Å²) >= 11 is 0. The van der Waals surface area contributed by atoms with Gasteiger partial charge in [-0.25, -0.2) is 13.1 Å². The maximum absolute atomic E-state index is 12.5. The van der Waals surface area contributed by atoms with Crippen molar-refractivity contribution < 1.29 is 17.9 Å². The van der Waals surface area contributed by atoms with Crippen LogP contribution in [0.25, 0.3) is 0 Å². The van der Waals surface area contributed by atoms with Gasteiger partial charge in [0.1, 0.15) is 5.75 Å². The molecular formula is C22H28N2O4S. The molecular weight excluding hydrogens is 388 g/mol. The topological polar surface area (TPSA) is 84.5 Å². The fraction of sp³-hybridized carbons (Fsp3) is 0.409. The minimum atomic E-state index is -3.48. The van der Waals surface area contributed by atoms with Crippen LogP contribution < -0.4 is 14.8 Å². The Bertz CT molecular complexity index is 877. The van der Waals surface area contributed by atoms with Crippen LogP contribution in [0.2, 0.25) is 0 Å². The Hall–Kier alpha value is -2.38. The Labute approximate surface area is 172 Å². The molecule has 1 aliphatic carbocycles. The lowest BCUT2D eigenvalue weighted by atomic mass is 9.96. The molecule has 0 saturated heterocycles. The van der Waals surface area contributed by atoms with Crippen molar-refractivity contribution in [3.63, 3.8) is 0 Å². The second-order valence-electron chi connectivity index (χ2n) is 7.30. The molecule has 0 unspecified atom stereocenters. The predicted octanol–water partition coefficient (Wildman–Crippen LogP) is 3.04. The van der Waals surface area contributed by atoms with E-state index in [1.165, 1.54) is 6.42 Å². The van der Waals surface area contributed by atoms with Crippen molar-refractivity contribution in [1.29, 1.82) is 0 Å². The van der Waals surface area contributed by atoms with Crippen molar-refractivity contribution in [2.45, 2.75) is 49.5 Å². The second kappa shape index (κ2) is 10.4. The van der Waals surface area contributed by atoms with Gasteiger partial charge in [-0.15, -0.1) is 0 Å².